The number of hydrogen-bond acceptors (Lipinski definition) is 2. The van der Waals surface area contributed by atoms with E-state index in [1.165, 1.54) is 11.1 Å². The van der Waals surface area contributed by atoms with Gasteiger partial charge in [-0.2, -0.15) is 0 Å². The van der Waals surface area contributed by atoms with Crippen LogP contribution in [0.15, 0.2) is 24.3 Å². The highest BCUT2D eigenvalue weighted by atomic mass is 16.3. The van der Waals surface area contributed by atoms with Crippen molar-refractivity contribution in [2.75, 3.05) is 19.7 Å². The van der Waals surface area contributed by atoms with Crippen LogP contribution in [0.1, 0.15) is 17.0 Å². The molecule has 1 aromatic rings. The van der Waals surface area contributed by atoms with Crippen LogP contribution >= 0.6 is 0 Å². The average molecular weight is 191 g/mol. The monoisotopic (exact) mass is 191 g/mol. The van der Waals surface area contributed by atoms with E-state index in [4.69, 9.17) is 0 Å². The number of rotatable bonds is 2. The maximum absolute atomic E-state index is 9.21. The molecule has 1 aromatic carbocycles. The molecule has 0 saturated carbocycles. The van der Waals surface area contributed by atoms with Crippen molar-refractivity contribution < 1.29 is 5.11 Å². The lowest BCUT2D eigenvalue weighted by Crippen LogP contribution is -2.14. The van der Waals surface area contributed by atoms with Crippen molar-refractivity contribution >= 4 is 0 Å². The van der Waals surface area contributed by atoms with Crippen molar-refractivity contribution in [2.45, 2.75) is 12.8 Å². The summed E-state index contributed by atoms with van der Waals surface area (Å²) in [5.41, 5.74) is 2.64. The fourth-order valence-electron chi connectivity index (χ4n) is 2.13. The molecule has 0 unspecified atom stereocenters. The SMILES string of the molecule is Cc1ccc([C@H]2CNC[C@@H]2CO)cc1. The molecule has 2 N–H and O–H groups in total. The van der Waals surface area contributed by atoms with Gasteiger partial charge >= 0.3 is 0 Å². The second kappa shape index (κ2) is 4.11. The van der Waals surface area contributed by atoms with Crippen LogP contribution in [0.4, 0.5) is 0 Å². The highest BCUT2D eigenvalue weighted by Gasteiger charge is 2.27. The lowest BCUT2D eigenvalue weighted by atomic mass is 9.89. The van der Waals surface area contributed by atoms with E-state index in [9.17, 15) is 5.11 Å². The van der Waals surface area contributed by atoms with Gasteiger partial charge in [-0.25, -0.2) is 0 Å². The summed E-state index contributed by atoms with van der Waals surface area (Å²) < 4.78 is 0. The van der Waals surface area contributed by atoms with Crippen molar-refractivity contribution in [3.8, 4) is 0 Å². The maximum atomic E-state index is 9.21. The first kappa shape index (κ1) is 9.69. The van der Waals surface area contributed by atoms with Crippen LogP contribution in [0.5, 0.6) is 0 Å². The van der Waals surface area contributed by atoms with Crippen LogP contribution in [0.25, 0.3) is 0 Å². The number of nitrogens with one attached hydrogen (secondary N) is 1. The maximum Gasteiger partial charge on any atom is 0.0477 e. The normalized spacial score (nSPS) is 26.7. The smallest absolute Gasteiger partial charge is 0.0477 e. The summed E-state index contributed by atoms with van der Waals surface area (Å²) in [4.78, 5) is 0. The Balaban J connectivity index is 2.17. The molecule has 0 aromatic heterocycles. The third-order valence-electron chi connectivity index (χ3n) is 3.08. The molecule has 2 atom stereocenters. The molecule has 76 valence electrons. The highest BCUT2D eigenvalue weighted by molar-refractivity contribution is 5.26. The van der Waals surface area contributed by atoms with Crippen molar-refractivity contribution in [2.24, 2.45) is 5.92 Å². The summed E-state index contributed by atoms with van der Waals surface area (Å²) in [6.45, 7) is 4.31. The second-order valence-electron chi connectivity index (χ2n) is 4.12. The van der Waals surface area contributed by atoms with Crippen LogP contribution < -0.4 is 5.32 Å². The Morgan fingerprint density at radius 1 is 1.29 bits per heavy atom. The molecular weight excluding hydrogens is 174 g/mol. The molecule has 0 bridgehead atoms. The summed E-state index contributed by atoms with van der Waals surface area (Å²) in [6, 6.07) is 8.63. The van der Waals surface area contributed by atoms with Gasteiger partial charge in [-0.15, -0.1) is 0 Å². The standard InChI is InChI=1S/C12H17NO/c1-9-2-4-10(5-3-9)12-7-13-6-11(12)8-14/h2-5,11-14H,6-8H2,1H3/t11-,12-/m1/s1. The van der Waals surface area contributed by atoms with E-state index in [1.54, 1.807) is 0 Å². The van der Waals surface area contributed by atoms with Gasteiger partial charge in [0.15, 0.2) is 0 Å². The molecule has 0 amide bonds. The lowest BCUT2D eigenvalue weighted by Gasteiger charge is -2.16. The van der Waals surface area contributed by atoms with Gasteiger partial charge in [0.25, 0.3) is 0 Å². The van der Waals surface area contributed by atoms with Gasteiger partial charge in [0.05, 0.1) is 0 Å². The summed E-state index contributed by atoms with van der Waals surface area (Å²) in [5.74, 6) is 0.873. The Morgan fingerprint density at radius 3 is 2.64 bits per heavy atom. The van der Waals surface area contributed by atoms with E-state index in [2.05, 4.69) is 36.5 Å². The van der Waals surface area contributed by atoms with Crippen LogP contribution in [0.3, 0.4) is 0 Å². The third kappa shape index (κ3) is 1.81. The Hall–Kier alpha value is -0.860. The van der Waals surface area contributed by atoms with E-state index in [1.807, 2.05) is 0 Å². The van der Waals surface area contributed by atoms with Gasteiger partial charge in [0.1, 0.15) is 0 Å². The van der Waals surface area contributed by atoms with E-state index in [0.717, 1.165) is 13.1 Å². The van der Waals surface area contributed by atoms with Crippen LogP contribution in [0.2, 0.25) is 0 Å². The first-order valence-corrected chi connectivity index (χ1v) is 5.19. The fourth-order valence-corrected chi connectivity index (χ4v) is 2.13. The highest BCUT2D eigenvalue weighted by Crippen LogP contribution is 2.27. The van der Waals surface area contributed by atoms with E-state index in [0.29, 0.717) is 11.8 Å². The first-order chi connectivity index (χ1) is 6.81. The molecule has 0 aliphatic carbocycles. The van der Waals surface area contributed by atoms with E-state index >= 15 is 0 Å². The summed E-state index contributed by atoms with van der Waals surface area (Å²) >= 11 is 0. The molecule has 2 nitrogen and oxygen atoms in total. The summed E-state index contributed by atoms with van der Waals surface area (Å²) in [7, 11) is 0. The van der Waals surface area contributed by atoms with Crippen LogP contribution in [0, 0.1) is 12.8 Å². The molecule has 0 spiro atoms. The second-order valence-corrected chi connectivity index (χ2v) is 4.12. The Labute approximate surface area is 85.0 Å². The molecule has 1 aliphatic heterocycles. The van der Waals surface area contributed by atoms with Crippen LogP contribution in [-0.2, 0) is 0 Å². The Morgan fingerprint density at radius 2 is 2.00 bits per heavy atom. The number of hydrogen-bond donors (Lipinski definition) is 2. The third-order valence-corrected chi connectivity index (χ3v) is 3.08. The van der Waals surface area contributed by atoms with E-state index < -0.39 is 0 Å². The molecule has 1 saturated heterocycles. The Kier molecular flexibility index (Phi) is 2.85. The van der Waals surface area contributed by atoms with Crippen molar-refractivity contribution in [3.63, 3.8) is 0 Å². The Bertz CT molecular complexity index is 294. The number of benzene rings is 1. The molecule has 1 heterocycles. The summed E-state index contributed by atoms with van der Waals surface area (Å²) in [6.07, 6.45) is 0. The zero-order valence-electron chi connectivity index (χ0n) is 8.53. The van der Waals surface area contributed by atoms with Gasteiger partial charge in [-0.1, -0.05) is 29.8 Å². The van der Waals surface area contributed by atoms with E-state index in [-0.39, 0.29) is 6.61 Å². The van der Waals surface area contributed by atoms with Gasteiger partial charge < -0.3 is 10.4 Å². The predicted molar refractivity (Wildman–Crippen MR) is 57.4 cm³/mol. The largest absolute Gasteiger partial charge is 0.396 e. The quantitative estimate of drug-likeness (QED) is 0.738. The zero-order chi connectivity index (χ0) is 9.97. The topological polar surface area (TPSA) is 32.3 Å². The minimum Gasteiger partial charge on any atom is -0.396 e. The molecule has 0 radical (unpaired) electrons. The fraction of sp³-hybridized carbons (Fsp3) is 0.500. The number of aryl methyl sites for hydroxylation is 1. The first-order valence-electron chi connectivity index (χ1n) is 5.19. The molecule has 1 fully saturated rings. The summed E-state index contributed by atoms with van der Waals surface area (Å²) in [5, 5.41) is 12.5. The molecule has 14 heavy (non-hydrogen) atoms. The predicted octanol–water partition coefficient (Wildman–Crippen LogP) is 1.29. The number of aliphatic hydroxyl groups is 1. The van der Waals surface area contributed by atoms with Gasteiger partial charge in [-0.05, 0) is 12.5 Å². The molecule has 2 heteroatoms. The molecular formula is C12H17NO. The average Bonchev–Trinajstić information content (AvgIpc) is 2.67. The van der Waals surface area contributed by atoms with Gasteiger partial charge in [0, 0.05) is 31.5 Å². The lowest BCUT2D eigenvalue weighted by molar-refractivity contribution is 0.226. The minimum absolute atomic E-state index is 0.283. The van der Waals surface area contributed by atoms with Gasteiger partial charge in [0.2, 0.25) is 0 Å². The van der Waals surface area contributed by atoms with Crippen LogP contribution in [-0.4, -0.2) is 24.8 Å². The van der Waals surface area contributed by atoms with Crippen molar-refractivity contribution in [3.05, 3.63) is 35.4 Å². The van der Waals surface area contributed by atoms with Crippen molar-refractivity contribution in [1.29, 1.82) is 0 Å². The van der Waals surface area contributed by atoms with Gasteiger partial charge in [-0.3, -0.25) is 0 Å². The molecule has 1 aliphatic rings. The molecule has 2 rings (SSSR count). The zero-order valence-corrected chi connectivity index (χ0v) is 8.53. The van der Waals surface area contributed by atoms with Crippen molar-refractivity contribution in [1.82, 2.24) is 5.32 Å². The minimum atomic E-state index is 0.283. The number of aliphatic hydroxyl groups excluding tert-OH is 1.